The Morgan fingerprint density at radius 1 is 0.710 bits per heavy atom. The van der Waals surface area contributed by atoms with Crippen LogP contribution in [0.15, 0.2) is 71.6 Å². The fraction of sp³-hybridized carbons (Fsp3) is 0.333. The zero-order valence-electron chi connectivity index (χ0n) is 19.4. The first kappa shape index (κ1) is 23.1. The van der Waals surface area contributed by atoms with Gasteiger partial charge in [-0.3, -0.25) is 0 Å². The SMILES string of the molecule is CC(C)(C)c1cc(SCNc2ccc(Nc3ccccc3)cc2)cc(C(C)(C)C)c1O. The van der Waals surface area contributed by atoms with E-state index in [9.17, 15) is 5.11 Å². The molecule has 0 aromatic heterocycles. The van der Waals surface area contributed by atoms with Gasteiger partial charge in [-0.05, 0) is 59.4 Å². The number of para-hydroxylation sites is 1. The van der Waals surface area contributed by atoms with E-state index in [0.717, 1.165) is 34.1 Å². The van der Waals surface area contributed by atoms with E-state index in [0.29, 0.717) is 5.75 Å². The van der Waals surface area contributed by atoms with Gasteiger partial charge in [0.2, 0.25) is 0 Å². The normalized spacial score (nSPS) is 11.9. The molecule has 0 heterocycles. The van der Waals surface area contributed by atoms with Crippen molar-refractivity contribution in [1.82, 2.24) is 0 Å². The molecule has 3 rings (SSSR count). The highest BCUT2D eigenvalue weighted by Gasteiger charge is 2.26. The van der Waals surface area contributed by atoms with E-state index < -0.39 is 0 Å². The summed E-state index contributed by atoms with van der Waals surface area (Å²) in [6, 6.07) is 22.8. The Balaban J connectivity index is 1.67. The second-order valence-electron chi connectivity index (χ2n) is 9.90. The molecular formula is C27H34N2OS. The molecule has 3 nitrogen and oxygen atoms in total. The maximum Gasteiger partial charge on any atom is 0.123 e. The number of phenolic OH excluding ortho intramolecular Hbond substituents is 1. The third kappa shape index (κ3) is 6.20. The first-order valence-corrected chi connectivity index (χ1v) is 11.7. The third-order valence-electron chi connectivity index (χ3n) is 5.16. The lowest BCUT2D eigenvalue weighted by molar-refractivity contribution is 0.422. The number of aromatic hydroxyl groups is 1. The molecule has 4 heteroatoms. The fourth-order valence-corrected chi connectivity index (χ4v) is 4.20. The second-order valence-corrected chi connectivity index (χ2v) is 10.9. The molecule has 31 heavy (non-hydrogen) atoms. The van der Waals surface area contributed by atoms with Crippen LogP contribution in [0.5, 0.6) is 5.75 Å². The summed E-state index contributed by atoms with van der Waals surface area (Å²) in [6.45, 7) is 12.9. The maximum atomic E-state index is 10.9. The van der Waals surface area contributed by atoms with Gasteiger partial charge in [0.05, 0.1) is 5.88 Å². The largest absolute Gasteiger partial charge is 0.507 e. The van der Waals surface area contributed by atoms with Crippen molar-refractivity contribution in [2.45, 2.75) is 57.3 Å². The Labute approximate surface area is 191 Å². The van der Waals surface area contributed by atoms with Crippen LogP contribution >= 0.6 is 11.8 Å². The molecule has 0 aliphatic rings. The zero-order chi connectivity index (χ0) is 22.6. The Bertz CT molecular complexity index is 965. The highest BCUT2D eigenvalue weighted by Crippen LogP contribution is 2.41. The van der Waals surface area contributed by atoms with Crippen LogP contribution in [0, 0.1) is 0 Å². The highest BCUT2D eigenvalue weighted by molar-refractivity contribution is 7.99. The summed E-state index contributed by atoms with van der Waals surface area (Å²) in [4.78, 5) is 1.17. The van der Waals surface area contributed by atoms with Gasteiger partial charge in [0, 0.05) is 33.1 Å². The van der Waals surface area contributed by atoms with Gasteiger partial charge in [-0.2, -0.15) is 0 Å². The number of hydrogen-bond donors (Lipinski definition) is 3. The second kappa shape index (κ2) is 9.27. The van der Waals surface area contributed by atoms with Gasteiger partial charge in [0.25, 0.3) is 0 Å². The number of rotatable bonds is 6. The van der Waals surface area contributed by atoms with E-state index in [-0.39, 0.29) is 10.8 Å². The average Bonchev–Trinajstić information content (AvgIpc) is 2.69. The number of benzene rings is 3. The number of thioether (sulfide) groups is 1. The minimum atomic E-state index is -0.115. The maximum absolute atomic E-state index is 10.9. The molecule has 0 atom stereocenters. The predicted molar refractivity (Wildman–Crippen MR) is 136 cm³/mol. The predicted octanol–water partition coefficient (Wildman–Crippen LogP) is 7.89. The van der Waals surface area contributed by atoms with E-state index in [4.69, 9.17) is 0 Å². The first-order valence-electron chi connectivity index (χ1n) is 10.7. The molecule has 0 unspecified atom stereocenters. The van der Waals surface area contributed by atoms with Crippen LogP contribution in [-0.2, 0) is 10.8 Å². The molecule has 0 aliphatic carbocycles. The van der Waals surface area contributed by atoms with Crippen LogP contribution in [0.3, 0.4) is 0 Å². The average molecular weight is 435 g/mol. The Morgan fingerprint density at radius 3 is 1.71 bits per heavy atom. The quantitative estimate of drug-likeness (QED) is 0.272. The van der Waals surface area contributed by atoms with Crippen LogP contribution in [0.2, 0.25) is 0 Å². The minimum Gasteiger partial charge on any atom is -0.507 e. The van der Waals surface area contributed by atoms with Crippen molar-refractivity contribution >= 4 is 28.8 Å². The van der Waals surface area contributed by atoms with E-state index in [1.165, 1.54) is 4.90 Å². The van der Waals surface area contributed by atoms with Crippen molar-refractivity contribution in [2.75, 3.05) is 16.5 Å². The van der Waals surface area contributed by atoms with Crippen molar-refractivity contribution < 1.29 is 5.11 Å². The molecule has 0 saturated heterocycles. The Kier molecular flexibility index (Phi) is 6.90. The summed E-state index contributed by atoms with van der Waals surface area (Å²) in [7, 11) is 0. The van der Waals surface area contributed by atoms with Gasteiger partial charge < -0.3 is 15.7 Å². The van der Waals surface area contributed by atoms with Crippen molar-refractivity contribution in [3.8, 4) is 5.75 Å². The van der Waals surface area contributed by atoms with Gasteiger partial charge in [-0.25, -0.2) is 0 Å². The summed E-state index contributed by atoms with van der Waals surface area (Å²) in [5, 5.41) is 17.8. The third-order valence-corrected chi connectivity index (χ3v) is 6.02. The monoisotopic (exact) mass is 434 g/mol. The van der Waals surface area contributed by atoms with Gasteiger partial charge in [0.1, 0.15) is 5.75 Å². The van der Waals surface area contributed by atoms with Gasteiger partial charge in [-0.1, -0.05) is 59.7 Å². The number of phenols is 1. The van der Waals surface area contributed by atoms with E-state index in [1.807, 2.05) is 18.2 Å². The molecule has 0 saturated carbocycles. The van der Waals surface area contributed by atoms with E-state index >= 15 is 0 Å². The molecule has 0 radical (unpaired) electrons. The van der Waals surface area contributed by atoms with Gasteiger partial charge in [-0.15, -0.1) is 11.8 Å². The Hall–Kier alpha value is -2.59. The van der Waals surface area contributed by atoms with E-state index in [2.05, 4.69) is 101 Å². The molecule has 0 spiro atoms. The fourth-order valence-electron chi connectivity index (χ4n) is 3.40. The lowest BCUT2D eigenvalue weighted by atomic mass is 9.79. The Morgan fingerprint density at radius 2 is 1.19 bits per heavy atom. The highest BCUT2D eigenvalue weighted by atomic mass is 32.2. The van der Waals surface area contributed by atoms with Crippen LogP contribution < -0.4 is 10.6 Å². The molecule has 0 bridgehead atoms. The summed E-state index contributed by atoms with van der Waals surface area (Å²) in [5.74, 6) is 1.18. The molecule has 0 amide bonds. The summed E-state index contributed by atoms with van der Waals surface area (Å²) >= 11 is 1.75. The van der Waals surface area contributed by atoms with Gasteiger partial charge >= 0.3 is 0 Å². The number of anilines is 3. The van der Waals surface area contributed by atoms with Crippen LogP contribution in [0.1, 0.15) is 52.7 Å². The lowest BCUT2D eigenvalue weighted by Gasteiger charge is -2.28. The standard InChI is InChI=1S/C27H34N2OS/c1-26(2,3)23-16-22(17-24(25(23)30)27(4,5)6)31-18-28-19-12-14-21(15-13-19)29-20-10-8-7-9-11-20/h7-17,28-30H,18H2,1-6H3. The molecular weight excluding hydrogens is 400 g/mol. The lowest BCUT2D eigenvalue weighted by Crippen LogP contribution is -2.17. The smallest absolute Gasteiger partial charge is 0.123 e. The summed E-state index contributed by atoms with van der Waals surface area (Å²) in [6.07, 6.45) is 0. The summed E-state index contributed by atoms with van der Waals surface area (Å²) in [5.41, 5.74) is 4.99. The summed E-state index contributed by atoms with van der Waals surface area (Å²) < 4.78 is 0. The molecule has 3 aromatic carbocycles. The zero-order valence-corrected chi connectivity index (χ0v) is 20.2. The number of nitrogens with one attached hydrogen (secondary N) is 2. The molecule has 164 valence electrons. The molecule has 0 fully saturated rings. The molecule has 0 aliphatic heterocycles. The minimum absolute atomic E-state index is 0.115. The van der Waals surface area contributed by atoms with Crippen molar-refractivity contribution in [3.63, 3.8) is 0 Å². The van der Waals surface area contributed by atoms with Gasteiger partial charge in [0.15, 0.2) is 0 Å². The number of hydrogen-bond acceptors (Lipinski definition) is 4. The first-order chi connectivity index (χ1) is 14.5. The van der Waals surface area contributed by atoms with Crippen LogP contribution in [-0.4, -0.2) is 11.0 Å². The van der Waals surface area contributed by atoms with Crippen molar-refractivity contribution in [3.05, 3.63) is 77.9 Å². The van der Waals surface area contributed by atoms with E-state index in [1.54, 1.807) is 11.8 Å². The van der Waals surface area contributed by atoms with Crippen molar-refractivity contribution in [2.24, 2.45) is 0 Å². The topological polar surface area (TPSA) is 44.3 Å². The molecule has 3 N–H and O–H groups in total. The molecule has 3 aromatic rings. The van der Waals surface area contributed by atoms with Crippen LogP contribution in [0.4, 0.5) is 17.1 Å². The van der Waals surface area contributed by atoms with Crippen molar-refractivity contribution in [1.29, 1.82) is 0 Å². The van der Waals surface area contributed by atoms with Crippen LogP contribution in [0.25, 0.3) is 0 Å².